The molecule has 0 spiro atoms. The van der Waals surface area contributed by atoms with Crippen LogP contribution in [-0.4, -0.2) is 0 Å². The van der Waals surface area contributed by atoms with E-state index in [0.717, 1.165) is 0 Å². The fourth-order valence-electron chi connectivity index (χ4n) is 7.93. The minimum atomic E-state index is 1.18. The standard InChI is InChI=1S/C56H95/c1-6-11-16-21-26-31-36-41-46-52-51-53(47-42-37-32-27-22-17-12-7-2)55(49-44-39-34-29-24-19-14-9-4)56(50-45-40-35-30-25-20-15-10-5)54(52)48-43-38-33-28-23-18-13-8-3/h26-35H,6-25,36-50H2,1-5H3/b31-26+,32-27+,33-28+,34-29+,35-30+. The summed E-state index contributed by atoms with van der Waals surface area (Å²) < 4.78 is 0. The van der Waals surface area contributed by atoms with Crippen molar-refractivity contribution in [1.29, 1.82) is 0 Å². The molecular weight excluding hydrogens is 673 g/mol. The van der Waals surface area contributed by atoms with Crippen LogP contribution < -0.4 is 0 Å². The summed E-state index contributed by atoms with van der Waals surface area (Å²) in [6, 6.07) is 4.24. The van der Waals surface area contributed by atoms with Gasteiger partial charge in [0, 0.05) is 0 Å². The van der Waals surface area contributed by atoms with Crippen molar-refractivity contribution in [3.8, 4) is 0 Å². The molecule has 56 heavy (non-hydrogen) atoms. The molecule has 1 radical (unpaired) electrons. The highest BCUT2D eigenvalue weighted by Gasteiger charge is 2.18. The molecule has 1 aromatic rings. The molecule has 0 unspecified atom stereocenters. The zero-order valence-corrected chi connectivity index (χ0v) is 38.5. The van der Waals surface area contributed by atoms with Gasteiger partial charge < -0.3 is 0 Å². The highest BCUT2D eigenvalue weighted by atomic mass is 14.2. The van der Waals surface area contributed by atoms with Gasteiger partial charge in [-0.05, 0) is 194 Å². The number of aryl methyl sites for hydroxylation is 2. The van der Waals surface area contributed by atoms with E-state index in [-0.39, 0.29) is 0 Å². The third kappa shape index (κ3) is 29.2. The molecule has 0 aromatic heterocycles. The quantitative estimate of drug-likeness (QED) is 0.0461. The third-order valence-electron chi connectivity index (χ3n) is 11.5. The average Bonchev–Trinajstić information content (AvgIpc) is 3.21. The first-order valence-electron chi connectivity index (χ1n) is 25.1. The van der Waals surface area contributed by atoms with Crippen LogP contribution in [0.5, 0.6) is 0 Å². The zero-order chi connectivity index (χ0) is 40.4. The predicted molar refractivity (Wildman–Crippen MR) is 256 cm³/mol. The van der Waals surface area contributed by atoms with E-state index in [0.29, 0.717) is 0 Å². The molecule has 0 aliphatic carbocycles. The lowest BCUT2D eigenvalue weighted by Crippen LogP contribution is -2.11. The molecular formula is C56H95. The van der Waals surface area contributed by atoms with Crippen molar-refractivity contribution in [2.75, 3.05) is 0 Å². The summed E-state index contributed by atoms with van der Waals surface area (Å²) in [5.74, 6) is 0. The highest BCUT2D eigenvalue weighted by molar-refractivity contribution is 5.46. The molecule has 1 rings (SSSR count). The minimum absolute atomic E-state index is 1.18. The molecule has 0 aliphatic heterocycles. The number of hydrogen-bond acceptors (Lipinski definition) is 0. The van der Waals surface area contributed by atoms with Crippen LogP contribution in [-0.2, 0) is 32.1 Å². The minimum Gasteiger partial charge on any atom is -0.0885 e. The van der Waals surface area contributed by atoms with Crippen molar-refractivity contribution in [3.05, 3.63) is 94.6 Å². The maximum atomic E-state index is 4.24. The van der Waals surface area contributed by atoms with E-state index in [4.69, 9.17) is 0 Å². The van der Waals surface area contributed by atoms with E-state index < -0.39 is 0 Å². The van der Waals surface area contributed by atoms with Crippen molar-refractivity contribution < 1.29 is 0 Å². The summed E-state index contributed by atoms with van der Waals surface area (Å²) in [4.78, 5) is 0. The van der Waals surface area contributed by atoms with E-state index in [1.165, 1.54) is 225 Å². The van der Waals surface area contributed by atoms with Crippen molar-refractivity contribution in [2.45, 2.75) is 259 Å². The summed E-state index contributed by atoms with van der Waals surface area (Å²) >= 11 is 0. The van der Waals surface area contributed by atoms with Crippen molar-refractivity contribution in [1.82, 2.24) is 0 Å². The van der Waals surface area contributed by atoms with Crippen LogP contribution in [0.15, 0.2) is 60.8 Å². The smallest absolute Gasteiger partial charge is 0.0108 e. The summed E-state index contributed by atoms with van der Waals surface area (Å²) in [5, 5.41) is 0. The van der Waals surface area contributed by atoms with Gasteiger partial charge in [0.1, 0.15) is 0 Å². The van der Waals surface area contributed by atoms with Crippen LogP contribution in [0.4, 0.5) is 0 Å². The maximum absolute atomic E-state index is 4.24. The van der Waals surface area contributed by atoms with E-state index >= 15 is 0 Å². The van der Waals surface area contributed by atoms with Gasteiger partial charge in [-0.1, -0.05) is 160 Å². The molecule has 0 heterocycles. The molecule has 0 atom stereocenters. The molecule has 0 saturated heterocycles. The Balaban J connectivity index is 3.44. The van der Waals surface area contributed by atoms with Gasteiger partial charge in [-0.2, -0.15) is 0 Å². The van der Waals surface area contributed by atoms with Crippen LogP contribution in [0.3, 0.4) is 0 Å². The number of allylic oxidation sites excluding steroid dienone is 10. The summed E-state index contributed by atoms with van der Waals surface area (Å²) in [6.07, 6.45) is 69.3. The van der Waals surface area contributed by atoms with Gasteiger partial charge in [0.15, 0.2) is 0 Å². The Kier molecular flexibility index (Phi) is 38.1. The lowest BCUT2D eigenvalue weighted by molar-refractivity contribution is 0.716. The molecule has 0 aliphatic rings. The molecule has 1 aromatic carbocycles. The topological polar surface area (TPSA) is 0 Å². The molecule has 0 N–H and O–H groups in total. The van der Waals surface area contributed by atoms with Crippen LogP contribution in [0.1, 0.15) is 255 Å². The van der Waals surface area contributed by atoms with Gasteiger partial charge in [0.25, 0.3) is 0 Å². The first-order valence-corrected chi connectivity index (χ1v) is 25.1. The SMILES string of the molecule is CCCCC/C=C/CCCc1[c]c(CCC/C=C/CCCCC)c(CCC/C=C/CCCCC)c(CCC/C=C/CCCCC)c1CCC/C=C/CCCCC. The number of benzene rings is 1. The van der Waals surface area contributed by atoms with Crippen LogP contribution in [0.2, 0.25) is 0 Å². The molecule has 0 saturated carbocycles. The number of hydrogen-bond donors (Lipinski definition) is 0. The Hall–Kier alpha value is -2.08. The van der Waals surface area contributed by atoms with Gasteiger partial charge in [0.2, 0.25) is 0 Å². The van der Waals surface area contributed by atoms with Gasteiger partial charge in [-0.3, -0.25) is 0 Å². The number of rotatable bonds is 40. The first kappa shape index (κ1) is 51.9. The molecule has 0 heteroatoms. The normalized spacial score (nSPS) is 12.4. The lowest BCUT2D eigenvalue weighted by Gasteiger charge is -2.23. The summed E-state index contributed by atoms with van der Waals surface area (Å²) in [7, 11) is 0. The fourth-order valence-corrected chi connectivity index (χ4v) is 7.93. The Bertz CT molecular complexity index is 1060. The second-order valence-electron chi connectivity index (χ2n) is 16.8. The number of unbranched alkanes of at least 4 members (excludes halogenated alkanes) is 20. The Morgan fingerprint density at radius 1 is 0.250 bits per heavy atom. The van der Waals surface area contributed by atoms with Crippen LogP contribution in [0.25, 0.3) is 0 Å². The molecule has 0 fully saturated rings. The lowest BCUT2D eigenvalue weighted by atomic mass is 9.82. The van der Waals surface area contributed by atoms with E-state index in [2.05, 4.69) is 101 Å². The zero-order valence-electron chi connectivity index (χ0n) is 38.5. The highest BCUT2D eigenvalue weighted by Crippen LogP contribution is 2.31. The van der Waals surface area contributed by atoms with Gasteiger partial charge in [-0.25, -0.2) is 0 Å². The molecule has 319 valence electrons. The van der Waals surface area contributed by atoms with E-state index in [1.807, 2.05) is 0 Å². The molecule has 0 bridgehead atoms. The van der Waals surface area contributed by atoms with Gasteiger partial charge in [-0.15, -0.1) is 0 Å². The maximum Gasteiger partial charge on any atom is -0.0108 e. The predicted octanol–water partition coefficient (Wildman–Crippen LogP) is 18.8. The van der Waals surface area contributed by atoms with Crippen LogP contribution >= 0.6 is 0 Å². The van der Waals surface area contributed by atoms with Crippen molar-refractivity contribution in [3.63, 3.8) is 0 Å². The third-order valence-corrected chi connectivity index (χ3v) is 11.5. The summed E-state index contributed by atoms with van der Waals surface area (Å²) in [5.41, 5.74) is 8.30. The molecule has 0 amide bonds. The Labute approximate surface area is 352 Å². The average molecular weight is 768 g/mol. The van der Waals surface area contributed by atoms with Gasteiger partial charge in [0.05, 0.1) is 0 Å². The second-order valence-corrected chi connectivity index (χ2v) is 16.8. The largest absolute Gasteiger partial charge is 0.0885 e. The first-order chi connectivity index (χ1) is 27.7. The Morgan fingerprint density at radius 3 is 0.714 bits per heavy atom. The van der Waals surface area contributed by atoms with Gasteiger partial charge >= 0.3 is 0 Å². The van der Waals surface area contributed by atoms with Crippen molar-refractivity contribution in [2.24, 2.45) is 0 Å². The second kappa shape index (κ2) is 41.1. The molecule has 0 nitrogen and oxygen atoms in total. The monoisotopic (exact) mass is 768 g/mol. The fraction of sp³-hybridized carbons (Fsp3) is 0.714. The van der Waals surface area contributed by atoms with Crippen molar-refractivity contribution >= 4 is 0 Å². The van der Waals surface area contributed by atoms with Crippen LogP contribution in [0, 0.1) is 6.07 Å². The van der Waals surface area contributed by atoms with E-state index in [9.17, 15) is 0 Å². The van der Waals surface area contributed by atoms with E-state index in [1.54, 1.807) is 27.8 Å². The Morgan fingerprint density at radius 2 is 0.464 bits per heavy atom. The summed E-state index contributed by atoms with van der Waals surface area (Å²) in [6.45, 7) is 11.5.